The van der Waals surface area contributed by atoms with E-state index in [0.29, 0.717) is 16.6 Å². The minimum absolute atomic E-state index is 0.443. The Morgan fingerprint density at radius 3 is 2.65 bits per heavy atom. The van der Waals surface area contributed by atoms with E-state index in [0.717, 1.165) is 16.8 Å². The van der Waals surface area contributed by atoms with Gasteiger partial charge in [-0.15, -0.1) is 0 Å². The summed E-state index contributed by atoms with van der Waals surface area (Å²) in [5, 5.41) is 0.535. The summed E-state index contributed by atoms with van der Waals surface area (Å²) in [4.78, 5) is 8.10. The van der Waals surface area contributed by atoms with Crippen molar-refractivity contribution < 1.29 is 4.74 Å². The fourth-order valence-electron chi connectivity index (χ4n) is 1.67. The van der Waals surface area contributed by atoms with E-state index in [4.69, 9.17) is 22.1 Å². The first-order valence-electron chi connectivity index (χ1n) is 5.04. The van der Waals surface area contributed by atoms with Gasteiger partial charge in [0.15, 0.2) is 0 Å². The molecule has 0 radical (unpaired) electrons. The van der Waals surface area contributed by atoms with Crippen molar-refractivity contribution in [3.63, 3.8) is 0 Å². The van der Waals surface area contributed by atoms with Crippen LogP contribution in [-0.4, -0.2) is 17.1 Å². The number of aryl methyl sites for hydroxylation is 1. The summed E-state index contributed by atoms with van der Waals surface area (Å²) in [6.07, 6.45) is 1.44. The molecule has 1 heterocycles. The maximum absolute atomic E-state index is 6.08. The summed E-state index contributed by atoms with van der Waals surface area (Å²) in [7, 11) is 1.58. The van der Waals surface area contributed by atoms with Crippen LogP contribution >= 0.6 is 11.6 Å². The number of ether oxygens (including phenoxy) is 1. The van der Waals surface area contributed by atoms with E-state index < -0.39 is 0 Å². The molecule has 2 N–H and O–H groups in total. The van der Waals surface area contributed by atoms with Gasteiger partial charge in [-0.3, -0.25) is 0 Å². The maximum atomic E-state index is 6.08. The zero-order valence-corrected chi connectivity index (χ0v) is 10.3. The minimum atomic E-state index is 0.443. The molecule has 0 atom stereocenters. The van der Waals surface area contributed by atoms with Gasteiger partial charge in [0.05, 0.1) is 17.8 Å². The van der Waals surface area contributed by atoms with Crippen LogP contribution in [-0.2, 0) is 0 Å². The van der Waals surface area contributed by atoms with Gasteiger partial charge in [0.1, 0.15) is 17.9 Å². The molecule has 0 unspecified atom stereocenters. The lowest BCUT2D eigenvalue weighted by atomic mass is 10.0. The Morgan fingerprint density at radius 2 is 2.06 bits per heavy atom. The molecule has 0 amide bonds. The topological polar surface area (TPSA) is 61.0 Å². The zero-order chi connectivity index (χ0) is 12.4. The van der Waals surface area contributed by atoms with Gasteiger partial charge < -0.3 is 10.5 Å². The molecule has 0 saturated carbocycles. The van der Waals surface area contributed by atoms with Crippen LogP contribution in [0.2, 0.25) is 5.02 Å². The molecule has 2 rings (SSSR count). The molecule has 0 aliphatic carbocycles. The molecule has 0 aliphatic rings. The van der Waals surface area contributed by atoms with Gasteiger partial charge in [-0.1, -0.05) is 17.7 Å². The SMILES string of the molecule is COc1ccc(-c2c(C)ncnc2N)cc1Cl. The second kappa shape index (κ2) is 4.59. The summed E-state index contributed by atoms with van der Waals surface area (Å²) >= 11 is 6.08. The lowest BCUT2D eigenvalue weighted by molar-refractivity contribution is 0.415. The van der Waals surface area contributed by atoms with Crippen LogP contribution in [0.4, 0.5) is 5.82 Å². The molecule has 4 nitrogen and oxygen atoms in total. The van der Waals surface area contributed by atoms with Gasteiger partial charge in [0, 0.05) is 5.56 Å². The van der Waals surface area contributed by atoms with Crippen LogP contribution in [0, 0.1) is 6.92 Å². The molecule has 2 aromatic rings. The number of nitrogens with zero attached hydrogens (tertiary/aromatic N) is 2. The Kier molecular flexibility index (Phi) is 3.15. The van der Waals surface area contributed by atoms with Gasteiger partial charge in [-0.25, -0.2) is 9.97 Å². The Hall–Kier alpha value is -1.81. The highest BCUT2D eigenvalue weighted by Gasteiger charge is 2.10. The summed E-state index contributed by atoms with van der Waals surface area (Å²) in [6, 6.07) is 5.47. The molecule has 0 fully saturated rings. The standard InChI is InChI=1S/C12H12ClN3O/c1-7-11(12(14)16-6-15-7)8-3-4-10(17-2)9(13)5-8/h3-6H,1-2H3,(H2,14,15,16). The van der Waals surface area contributed by atoms with Crippen molar-refractivity contribution in [1.29, 1.82) is 0 Å². The van der Waals surface area contributed by atoms with Gasteiger partial charge in [-0.05, 0) is 24.6 Å². The normalized spacial score (nSPS) is 10.3. The van der Waals surface area contributed by atoms with E-state index in [1.165, 1.54) is 6.33 Å². The Bertz CT molecular complexity index is 537. The first-order chi connectivity index (χ1) is 8.13. The molecule has 0 spiro atoms. The van der Waals surface area contributed by atoms with Crippen molar-refractivity contribution >= 4 is 17.4 Å². The number of hydrogen-bond acceptors (Lipinski definition) is 4. The Balaban J connectivity index is 2.57. The molecule has 0 bridgehead atoms. The molecule has 0 aliphatic heterocycles. The molecule has 5 heteroatoms. The number of halogens is 1. The van der Waals surface area contributed by atoms with Crippen molar-refractivity contribution in [2.24, 2.45) is 0 Å². The second-order valence-electron chi connectivity index (χ2n) is 3.57. The minimum Gasteiger partial charge on any atom is -0.495 e. The first kappa shape index (κ1) is 11.7. The lowest BCUT2D eigenvalue weighted by Gasteiger charge is -2.09. The van der Waals surface area contributed by atoms with Crippen LogP contribution in [0.15, 0.2) is 24.5 Å². The number of rotatable bonds is 2. The largest absolute Gasteiger partial charge is 0.495 e. The monoisotopic (exact) mass is 249 g/mol. The molecule has 17 heavy (non-hydrogen) atoms. The van der Waals surface area contributed by atoms with E-state index in [2.05, 4.69) is 9.97 Å². The van der Waals surface area contributed by atoms with Gasteiger partial charge in [0.25, 0.3) is 0 Å². The van der Waals surface area contributed by atoms with Crippen molar-refractivity contribution in [3.05, 3.63) is 35.2 Å². The van der Waals surface area contributed by atoms with Crippen LogP contribution in [0.25, 0.3) is 11.1 Å². The Labute approximate surface area is 104 Å². The van der Waals surface area contributed by atoms with E-state index in [1.807, 2.05) is 13.0 Å². The van der Waals surface area contributed by atoms with Crippen LogP contribution in [0.3, 0.4) is 0 Å². The summed E-state index contributed by atoms with van der Waals surface area (Å²) in [6.45, 7) is 1.88. The number of methoxy groups -OCH3 is 1. The average molecular weight is 250 g/mol. The highest BCUT2D eigenvalue weighted by Crippen LogP contribution is 2.33. The third-order valence-electron chi connectivity index (χ3n) is 2.51. The maximum Gasteiger partial charge on any atom is 0.137 e. The molecular weight excluding hydrogens is 238 g/mol. The third kappa shape index (κ3) is 2.17. The van der Waals surface area contributed by atoms with Crippen molar-refractivity contribution in [2.75, 3.05) is 12.8 Å². The number of anilines is 1. The van der Waals surface area contributed by atoms with Crippen LogP contribution in [0.5, 0.6) is 5.75 Å². The fraction of sp³-hybridized carbons (Fsp3) is 0.167. The van der Waals surface area contributed by atoms with E-state index in [1.54, 1.807) is 19.2 Å². The Morgan fingerprint density at radius 1 is 1.29 bits per heavy atom. The van der Waals surface area contributed by atoms with Gasteiger partial charge in [0.2, 0.25) is 0 Å². The fourth-order valence-corrected chi connectivity index (χ4v) is 1.93. The number of aromatic nitrogens is 2. The number of nitrogens with two attached hydrogens (primary N) is 1. The number of hydrogen-bond donors (Lipinski definition) is 1. The van der Waals surface area contributed by atoms with Gasteiger partial charge in [-0.2, -0.15) is 0 Å². The highest BCUT2D eigenvalue weighted by atomic mass is 35.5. The van der Waals surface area contributed by atoms with Gasteiger partial charge >= 0.3 is 0 Å². The summed E-state index contributed by atoms with van der Waals surface area (Å²) < 4.78 is 5.10. The van der Waals surface area contributed by atoms with E-state index >= 15 is 0 Å². The predicted octanol–water partition coefficient (Wildman–Crippen LogP) is 2.70. The van der Waals surface area contributed by atoms with Crippen molar-refractivity contribution in [3.8, 4) is 16.9 Å². The van der Waals surface area contributed by atoms with E-state index in [9.17, 15) is 0 Å². The zero-order valence-electron chi connectivity index (χ0n) is 9.57. The molecule has 1 aromatic heterocycles. The predicted molar refractivity (Wildman–Crippen MR) is 68.2 cm³/mol. The molecular formula is C12H12ClN3O. The number of nitrogen functional groups attached to an aromatic ring is 1. The quantitative estimate of drug-likeness (QED) is 0.889. The van der Waals surface area contributed by atoms with Crippen LogP contribution in [0.1, 0.15) is 5.69 Å². The average Bonchev–Trinajstić information content (AvgIpc) is 2.29. The van der Waals surface area contributed by atoms with Crippen molar-refractivity contribution in [2.45, 2.75) is 6.92 Å². The third-order valence-corrected chi connectivity index (χ3v) is 2.80. The smallest absolute Gasteiger partial charge is 0.137 e. The molecule has 1 aromatic carbocycles. The number of benzene rings is 1. The lowest BCUT2D eigenvalue weighted by Crippen LogP contribution is -1.98. The second-order valence-corrected chi connectivity index (χ2v) is 3.98. The molecule has 88 valence electrons. The first-order valence-corrected chi connectivity index (χ1v) is 5.42. The molecule has 0 saturated heterocycles. The summed E-state index contributed by atoms with van der Waals surface area (Å²) in [5.41, 5.74) is 8.35. The van der Waals surface area contributed by atoms with E-state index in [-0.39, 0.29) is 0 Å². The highest BCUT2D eigenvalue weighted by molar-refractivity contribution is 6.32. The van der Waals surface area contributed by atoms with Crippen LogP contribution < -0.4 is 10.5 Å². The van der Waals surface area contributed by atoms with Crippen molar-refractivity contribution in [1.82, 2.24) is 9.97 Å². The summed E-state index contributed by atoms with van der Waals surface area (Å²) in [5.74, 6) is 1.07.